The lowest BCUT2D eigenvalue weighted by molar-refractivity contribution is 0.0185. The number of ether oxygens (including phenoxy) is 1. The normalized spacial score (nSPS) is 14.6. The van der Waals surface area contributed by atoms with Crippen LogP contribution in [0.5, 0.6) is 0 Å². The third kappa shape index (κ3) is 5.61. The Morgan fingerprint density at radius 2 is 1.86 bits per heavy atom. The van der Waals surface area contributed by atoms with Crippen molar-refractivity contribution in [3.05, 3.63) is 60.1 Å². The molecule has 1 amide bonds. The molecule has 4 heterocycles. The zero-order valence-electron chi connectivity index (χ0n) is 21.0. The number of nitrogens with two attached hydrogens (primary N) is 1. The Balaban J connectivity index is 1.30. The zero-order chi connectivity index (χ0) is 26.2. The molecule has 0 spiro atoms. The van der Waals surface area contributed by atoms with Gasteiger partial charge in [-0.2, -0.15) is 5.10 Å². The largest absolute Gasteiger partial charge is 0.444 e. The van der Waals surface area contributed by atoms with Gasteiger partial charge < -0.3 is 19.8 Å². The fraction of sp³-hybridized carbons (Fsp3) is 0.333. The Hall–Kier alpha value is -3.85. The number of oxazole rings is 1. The van der Waals surface area contributed by atoms with Crippen molar-refractivity contribution in [2.75, 3.05) is 18.8 Å². The molecule has 1 aliphatic heterocycles. The van der Waals surface area contributed by atoms with Gasteiger partial charge in [0.1, 0.15) is 11.4 Å². The molecule has 192 valence electrons. The highest BCUT2D eigenvalue weighted by Gasteiger charge is 2.28. The van der Waals surface area contributed by atoms with E-state index in [1.54, 1.807) is 23.4 Å². The van der Waals surface area contributed by atoms with Crippen LogP contribution in [0, 0.1) is 0 Å². The predicted molar refractivity (Wildman–Crippen MR) is 142 cm³/mol. The van der Waals surface area contributed by atoms with E-state index in [1.165, 1.54) is 0 Å². The summed E-state index contributed by atoms with van der Waals surface area (Å²) >= 11 is 6.11. The van der Waals surface area contributed by atoms with Crippen molar-refractivity contribution in [2.45, 2.75) is 45.3 Å². The minimum absolute atomic E-state index is 0.195. The molecule has 10 heteroatoms. The predicted octanol–water partition coefficient (Wildman–Crippen LogP) is 6.07. The second kappa shape index (κ2) is 9.89. The maximum atomic E-state index is 12.4. The lowest BCUT2D eigenvalue weighted by Crippen LogP contribution is -2.42. The maximum absolute atomic E-state index is 12.4. The number of nitrogen functional groups attached to an aromatic ring is 1. The number of likely N-dealkylation sites (tertiary alicyclic amines) is 1. The van der Waals surface area contributed by atoms with E-state index in [-0.39, 0.29) is 12.1 Å². The van der Waals surface area contributed by atoms with Gasteiger partial charge in [-0.15, -0.1) is 0 Å². The Kier molecular flexibility index (Phi) is 6.64. The Bertz CT molecular complexity index is 1420. The minimum Gasteiger partial charge on any atom is -0.444 e. The van der Waals surface area contributed by atoms with Gasteiger partial charge in [-0.25, -0.2) is 14.8 Å². The number of amides is 1. The number of anilines is 1. The molecule has 1 fully saturated rings. The average molecular weight is 521 g/mol. The SMILES string of the molecule is CC(C)(C)OC(=O)N1CCC(n2cc(-c3cnc(N)c(-c4ncc(-c5cccc(Cl)c5)o4)c3)cn2)CC1. The van der Waals surface area contributed by atoms with Gasteiger partial charge >= 0.3 is 6.09 Å². The van der Waals surface area contributed by atoms with Crippen molar-refractivity contribution in [1.29, 1.82) is 0 Å². The third-order valence-electron chi connectivity index (χ3n) is 6.19. The van der Waals surface area contributed by atoms with Crippen LogP contribution >= 0.6 is 11.6 Å². The highest BCUT2D eigenvalue weighted by Crippen LogP contribution is 2.33. The quantitative estimate of drug-likeness (QED) is 0.347. The summed E-state index contributed by atoms with van der Waals surface area (Å²) in [5.41, 5.74) is 8.86. The topological polar surface area (TPSA) is 112 Å². The second-order valence-electron chi connectivity index (χ2n) is 10.1. The van der Waals surface area contributed by atoms with E-state index in [0.717, 1.165) is 29.5 Å². The van der Waals surface area contributed by atoms with Gasteiger partial charge in [-0.3, -0.25) is 4.68 Å². The van der Waals surface area contributed by atoms with E-state index in [4.69, 9.17) is 26.5 Å². The molecule has 9 nitrogen and oxygen atoms in total. The standard InChI is InChI=1S/C27H29ClN6O3/c1-27(2,3)37-26(35)33-9-7-21(8-10-33)34-16-19(14-32-34)18-12-22(24(29)30-13-18)25-31-15-23(36-25)17-5-4-6-20(28)11-17/h4-6,11-16,21H,7-10H2,1-3H3,(H2,29,30). The second-order valence-corrected chi connectivity index (χ2v) is 10.5. The van der Waals surface area contributed by atoms with Crippen molar-refractivity contribution in [1.82, 2.24) is 24.6 Å². The number of benzene rings is 1. The highest BCUT2D eigenvalue weighted by molar-refractivity contribution is 6.30. The van der Waals surface area contributed by atoms with Crippen LogP contribution in [0.1, 0.15) is 39.7 Å². The van der Waals surface area contributed by atoms with E-state index >= 15 is 0 Å². The van der Waals surface area contributed by atoms with Crippen molar-refractivity contribution in [2.24, 2.45) is 0 Å². The lowest BCUT2D eigenvalue weighted by atomic mass is 10.1. The van der Waals surface area contributed by atoms with Crippen LogP contribution in [0.2, 0.25) is 5.02 Å². The first-order chi connectivity index (χ1) is 17.7. The highest BCUT2D eigenvalue weighted by atomic mass is 35.5. The molecule has 5 rings (SSSR count). The minimum atomic E-state index is -0.501. The molecule has 37 heavy (non-hydrogen) atoms. The maximum Gasteiger partial charge on any atom is 0.410 e. The summed E-state index contributed by atoms with van der Waals surface area (Å²) in [6, 6.07) is 9.48. The Labute approximate surface area is 220 Å². The molecule has 0 radical (unpaired) electrons. The molecule has 0 saturated carbocycles. The molecule has 1 aromatic carbocycles. The fourth-order valence-electron chi connectivity index (χ4n) is 4.30. The summed E-state index contributed by atoms with van der Waals surface area (Å²) in [7, 11) is 0. The lowest BCUT2D eigenvalue weighted by Gasteiger charge is -2.33. The van der Waals surface area contributed by atoms with Gasteiger partial charge in [0.05, 0.1) is 24.0 Å². The Morgan fingerprint density at radius 3 is 2.59 bits per heavy atom. The van der Waals surface area contributed by atoms with Crippen LogP contribution in [0.3, 0.4) is 0 Å². The van der Waals surface area contributed by atoms with Crippen LogP contribution < -0.4 is 5.73 Å². The molecular formula is C27H29ClN6O3. The van der Waals surface area contributed by atoms with Gasteiger partial charge in [-0.1, -0.05) is 23.7 Å². The molecule has 2 N–H and O–H groups in total. The summed E-state index contributed by atoms with van der Waals surface area (Å²) in [6.45, 7) is 6.88. The van der Waals surface area contributed by atoms with Crippen LogP contribution in [-0.2, 0) is 4.74 Å². The summed E-state index contributed by atoms with van der Waals surface area (Å²) in [6.07, 6.45) is 8.50. The van der Waals surface area contributed by atoms with E-state index in [9.17, 15) is 4.79 Å². The van der Waals surface area contributed by atoms with E-state index in [1.807, 2.05) is 62.1 Å². The van der Waals surface area contributed by atoms with Gasteiger partial charge in [-0.05, 0) is 51.8 Å². The van der Waals surface area contributed by atoms with Crippen LogP contribution in [0.15, 0.2) is 59.5 Å². The van der Waals surface area contributed by atoms with Crippen LogP contribution in [0.4, 0.5) is 10.6 Å². The van der Waals surface area contributed by atoms with E-state index in [2.05, 4.69) is 15.1 Å². The van der Waals surface area contributed by atoms with E-state index < -0.39 is 5.60 Å². The van der Waals surface area contributed by atoms with Gasteiger partial charge in [0.15, 0.2) is 5.76 Å². The Morgan fingerprint density at radius 1 is 1.08 bits per heavy atom. The number of carbonyl (C=O) groups is 1. The molecule has 0 aliphatic carbocycles. The molecular weight excluding hydrogens is 492 g/mol. The molecule has 3 aromatic heterocycles. The van der Waals surface area contributed by atoms with Gasteiger partial charge in [0.25, 0.3) is 0 Å². The summed E-state index contributed by atoms with van der Waals surface area (Å²) in [5.74, 6) is 1.29. The number of rotatable bonds is 4. The number of nitrogens with zero attached hydrogens (tertiary/aromatic N) is 5. The number of pyridine rings is 1. The van der Waals surface area contributed by atoms with Crippen LogP contribution in [0.25, 0.3) is 33.9 Å². The zero-order valence-corrected chi connectivity index (χ0v) is 21.8. The summed E-state index contributed by atoms with van der Waals surface area (Å²) in [5, 5.41) is 5.21. The molecule has 4 aromatic rings. The molecule has 0 bridgehead atoms. The monoisotopic (exact) mass is 520 g/mol. The number of hydrogen-bond acceptors (Lipinski definition) is 7. The molecule has 0 unspecified atom stereocenters. The van der Waals surface area contributed by atoms with Crippen molar-refractivity contribution < 1.29 is 13.9 Å². The first-order valence-corrected chi connectivity index (χ1v) is 12.5. The first-order valence-electron chi connectivity index (χ1n) is 12.2. The van der Waals surface area contributed by atoms with Crippen molar-refractivity contribution >= 4 is 23.5 Å². The fourth-order valence-corrected chi connectivity index (χ4v) is 4.49. The van der Waals surface area contributed by atoms with Gasteiger partial charge in [0.2, 0.25) is 5.89 Å². The number of carbonyl (C=O) groups excluding carboxylic acids is 1. The number of halogens is 1. The van der Waals surface area contributed by atoms with Crippen molar-refractivity contribution in [3.63, 3.8) is 0 Å². The van der Waals surface area contributed by atoms with Crippen LogP contribution in [-0.4, -0.2) is 49.4 Å². The van der Waals surface area contributed by atoms with Crippen molar-refractivity contribution in [3.8, 4) is 33.9 Å². The summed E-state index contributed by atoms with van der Waals surface area (Å²) in [4.78, 5) is 22.9. The average Bonchev–Trinajstić information content (AvgIpc) is 3.54. The van der Waals surface area contributed by atoms with E-state index in [0.29, 0.717) is 41.1 Å². The summed E-state index contributed by atoms with van der Waals surface area (Å²) < 4.78 is 13.4. The number of piperidine rings is 1. The molecule has 1 aliphatic rings. The molecule has 0 atom stereocenters. The molecule has 1 saturated heterocycles. The number of aromatic nitrogens is 4. The van der Waals surface area contributed by atoms with Gasteiger partial charge in [0, 0.05) is 47.2 Å². The smallest absolute Gasteiger partial charge is 0.410 e. The first kappa shape index (κ1) is 24.8. The number of hydrogen-bond donors (Lipinski definition) is 1. The third-order valence-corrected chi connectivity index (χ3v) is 6.42.